The fourth-order valence-corrected chi connectivity index (χ4v) is 3.27. The number of carbonyl (C=O) groups is 1. The molecule has 1 aliphatic heterocycles. The van der Waals surface area contributed by atoms with Crippen LogP contribution in [0.4, 0.5) is 0 Å². The molecule has 1 amide bonds. The largest absolute Gasteiger partial charge is 0.395 e. The lowest BCUT2D eigenvalue weighted by Gasteiger charge is -2.22. The number of carbonyl (C=O) groups excluding carboxylic acids is 1. The number of aliphatic hydroxyl groups excluding tert-OH is 1. The normalized spacial score (nSPS) is 20.7. The third kappa shape index (κ3) is 4.54. The monoisotopic (exact) mass is 357 g/mol. The molecule has 2 heterocycles. The number of rotatable bonds is 7. The summed E-state index contributed by atoms with van der Waals surface area (Å²) in [4.78, 5) is 13.3. The van der Waals surface area contributed by atoms with Crippen LogP contribution in [0.5, 0.6) is 0 Å². The van der Waals surface area contributed by atoms with Crippen LogP contribution in [0.3, 0.4) is 0 Å². The van der Waals surface area contributed by atoms with Crippen molar-refractivity contribution in [1.29, 1.82) is 0 Å². The molecule has 1 fully saturated rings. The van der Waals surface area contributed by atoms with Crippen LogP contribution in [0.15, 0.2) is 42.6 Å². The van der Waals surface area contributed by atoms with Gasteiger partial charge in [0.1, 0.15) is 5.69 Å². The van der Waals surface area contributed by atoms with E-state index >= 15 is 0 Å². The summed E-state index contributed by atoms with van der Waals surface area (Å²) in [5, 5.41) is 26.4. The molecule has 0 unspecified atom stereocenters. The molecular formula is C18H23N5O3. The molecular weight excluding hydrogens is 334 g/mol. The molecule has 8 heteroatoms. The molecule has 138 valence electrons. The Hall–Kier alpha value is -2.55. The van der Waals surface area contributed by atoms with Crippen molar-refractivity contribution in [2.75, 3.05) is 19.7 Å². The van der Waals surface area contributed by atoms with Gasteiger partial charge in [-0.2, -0.15) is 0 Å². The molecule has 1 aromatic carbocycles. The molecule has 3 N–H and O–H groups in total. The molecule has 1 aliphatic rings. The fourth-order valence-electron chi connectivity index (χ4n) is 3.27. The first kappa shape index (κ1) is 18.2. The number of hydrogen-bond acceptors (Lipinski definition) is 6. The number of nitrogens with zero attached hydrogens (tertiary/aromatic N) is 4. The molecule has 2 aromatic rings. The Labute approximate surface area is 151 Å². The van der Waals surface area contributed by atoms with Gasteiger partial charge >= 0.3 is 0 Å². The number of aromatic nitrogens is 3. The van der Waals surface area contributed by atoms with Gasteiger partial charge in [0.05, 0.1) is 18.8 Å². The third-order valence-corrected chi connectivity index (χ3v) is 4.66. The lowest BCUT2D eigenvalue weighted by Crippen LogP contribution is -2.34. The number of benzene rings is 1. The van der Waals surface area contributed by atoms with Gasteiger partial charge in [-0.3, -0.25) is 14.9 Å². The van der Waals surface area contributed by atoms with Crippen LogP contribution in [-0.4, -0.2) is 61.9 Å². The summed E-state index contributed by atoms with van der Waals surface area (Å²) in [6.45, 7) is 1.79. The highest BCUT2D eigenvalue weighted by Crippen LogP contribution is 2.27. The molecule has 1 saturated heterocycles. The first-order chi connectivity index (χ1) is 12.7. The number of hydroxylamine groups is 1. The van der Waals surface area contributed by atoms with E-state index in [-0.39, 0.29) is 18.7 Å². The Kier molecular flexibility index (Phi) is 6.11. The predicted octanol–water partition coefficient (Wildman–Crippen LogP) is 0.647. The van der Waals surface area contributed by atoms with Crippen molar-refractivity contribution in [3.05, 3.63) is 53.9 Å². The average Bonchev–Trinajstić information content (AvgIpc) is 3.31. The summed E-state index contributed by atoms with van der Waals surface area (Å²) >= 11 is 0. The summed E-state index contributed by atoms with van der Waals surface area (Å²) < 4.78 is 1.78. The third-order valence-electron chi connectivity index (χ3n) is 4.66. The van der Waals surface area contributed by atoms with Gasteiger partial charge in [-0.15, -0.1) is 5.10 Å². The van der Waals surface area contributed by atoms with Gasteiger partial charge in [-0.25, -0.2) is 10.2 Å². The molecule has 0 aliphatic carbocycles. The highest BCUT2D eigenvalue weighted by Gasteiger charge is 2.32. The number of nitrogens with one attached hydrogen (secondary N) is 1. The Morgan fingerprint density at radius 1 is 1.35 bits per heavy atom. The van der Waals surface area contributed by atoms with Crippen molar-refractivity contribution in [3.8, 4) is 0 Å². The molecule has 0 bridgehead atoms. The highest BCUT2D eigenvalue weighted by molar-refractivity contribution is 5.90. The van der Waals surface area contributed by atoms with Gasteiger partial charge in [-0.05, 0) is 24.5 Å². The molecule has 1 aromatic heterocycles. The first-order valence-electron chi connectivity index (χ1n) is 8.62. The van der Waals surface area contributed by atoms with E-state index in [9.17, 15) is 9.90 Å². The zero-order chi connectivity index (χ0) is 18.4. The number of likely N-dealkylation sites (tertiary alicyclic amines) is 1. The summed E-state index contributed by atoms with van der Waals surface area (Å²) in [6, 6.07) is 10.5. The van der Waals surface area contributed by atoms with Crippen LogP contribution in [0.25, 0.3) is 6.08 Å². The summed E-state index contributed by atoms with van der Waals surface area (Å²) in [6.07, 6.45) is 6.17. The minimum Gasteiger partial charge on any atom is -0.395 e. The van der Waals surface area contributed by atoms with Crippen LogP contribution in [-0.2, 0) is 11.2 Å². The second kappa shape index (κ2) is 8.70. The number of hydrogen-bond donors (Lipinski definition) is 3. The lowest BCUT2D eigenvalue weighted by molar-refractivity contribution is -0.124. The van der Waals surface area contributed by atoms with Crippen LogP contribution in [0, 0.1) is 0 Å². The van der Waals surface area contributed by atoms with Crippen molar-refractivity contribution < 1.29 is 15.1 Å². The second-order valence-electron chi connectivity index (χ2n) is 6.39. The zero-order valence-corrected chi connectivity index (χ0v) is 14.4. The quantitative estimate of drug-likeness (QED) is 0.382. The van der Waals surface area contributed by atoms with Crippen molar-refractivity contribution >= 4 is 12.0 Å². The standard InChI is InChI=1S/C18H23N5O3/c24-13-17-10-16(12-22(17)9-8-14-4-2-1-3-5-14)23-11-15(19-21-23)6-7-18(25)20-26/h1-7,11,16-17,24,26H,8-10,12-13H2,(H,20,25)/b7-6+/t16-,17+/m0/s1. The number of aliphatic hydroxyl groups is 1. The van der Waals surface area contributed by atoms with Crippen LogP contribution < -0.4 is 5.48 Å². The molecule has 2 atom stereocenters. The highest BCUT2D eigenvalue weighted by atomic mass is 16.5. The topological polar surface area (TPSA) is 104 Å². The molecule has 0 saturated carbocycles. The van der Waals surface area contributed by atoms with E-state index in [4.69, 9.17) is 5.21 Å². The maximum atomic E-state index is 11.0. The smallest absolute Gasteiger partial charge is 0.267 e. The number of amides is 1. The molecule has 0 spiro atoms. The van der Waals surface area contributed by atoms with Gasteiger partial charge in [0.15, 0.2) is 0 Å². The van der Waals surface area contributed by atoms with Crippen molar-refractivity contribution in [2.45, 2.75) is 24.9 Å². The maximum absolute atomic E-state index is 11.0. The van der Waals surface area contributed by atoms with Gasteiger partial charge < -0.3 is 5.11 Å². The molecule has 8 nitrogen and oxygen atoms in total. The van der Waals surface area contributed by atoms with E-state index in [2.05, 4.69) is 27.3 Å². The predicted molar refractivity (Wildman–Crippen MR) is 95.2 cm³/mol. The Morgan fingerprint density at radius 3 is 2.88 bits per heavy atom. The summed E-state index contributed by atoms with van der Waals surface area (Å²) in [7, 11) is 0. The van der Waals surface area contributed by atoms with Gasteiger partial charge in [-0.1, -0.05) is 35.5 Å². The van der Waals surface area contributed by atoms with E-state index in [1.807, 2.05) is 18.2 Å². The maximum Gasteiger partial charge on any atom is 0.267 e. The summed E-state index contributed by atoms with van der Waals surface area (Å²) in [5.41, 5.74) is 3.35. The minimum absolute atomic E-state index is 0.104. The summed E-state index contributed by atoms with van der Waals surface area (Å²) in [5.74, 6) is -0.618. The van der Waals surface area contributed by atoms with Gasteiger partial charge in [0.25, 0.3) is 5.91 Å². The van der Waals surface area contributed by atoms with Crippen LogP contribution in [0.1, 0.15) is 23.7 Å². The van der Waals surface area contributed by atoms with Crippen molar-refractivity contribution in [1.82, 2.24) is 25.4 Å². The molecule has 0 radical (unpaired) electrons. The second-order valence-corrected chi connectivity index (χ2v) is 6.39. The average molecular weight is 357 g/mol. The molecule has 26 heavy (non-hydrogen) atoms. The van der Waals surface area contributed by atoms with Crippen molar-refractivity contribution in [2.24, 2.45) is 0 Å². The first-order valence-corrected chi connectivity index (χ1v) is 8.62. The SMILES string of the molecule is O=C(/C=C/c1cn([C@H]2C[C@H](CO)N(CCc3ccccc3)C2)nn1)NO. The van der Waals surface area contributed by atoms with Crippen molar-refractivity contribution in [3.63, 3.8) is 0 Å². The lowest BCUT2D eigenvalue weighted by atomic mass is 10.1. The Bertz CT molecular complexity index is 746. The zero-order valence-electron chi connectivity index (χ0n) is 14.4. The van der Waals surface area contributed by atoms with E-state index in [0.717, 1.165) is 25.9 Å². The van der Waals surface area contributed by atoms with E-state index in [1.54, 1.807) is 10.9 Å². The fraction of sp³-hybridized carbons (Fsp3) is 0.389. The van der Waals surface area contributed by atoms with E-state index in [1.165, 1.54) is 23.2 Å². The Balaban J connectivity index is 1.60. The van der Waals surface area contributed by atoms with Crippen LogP contribution in [0.2, 0.25) is 0 Å². The van der Waals surface area contributed by atoms with E-state index < -0.39 is 5.91 Å². The van der Waals surface area contributed by atoms with E-state index in [0.29, 0.717) is 5.69 Å². The Morgan fingerprint density at radius 2 is 2.15 bits per heavy atom. The minimum atomic E-state index is -0.618. The van der Waals surface area contributed by atoms with Crippen LogP contribution >= 0.6 is 0 Å². The van der Waals surface area contributed by atoms with Gasteiger partial charge in [0.2, 0.25) is 0 Å². The molecule has 3 rings (SSSR count). The van der Waals surface area contributed by atoms with Gasteiger partial charge in [0, 0.05) is 25.2 Å².